The molecule has 4 nitrogen and oxygen atoms in total. The third-order valence-electron chi connectivity index (χ3n) is 4.54. The van der Waals surface area contributed by atoms with Crippen LogP contribution in [0.3, 0.4) is 0 Å². The Hall–Kier alpha value is -1.55. The summed E-state index contributed by atoms with van der Waals surface area (Å²) >= 11 is 0. The Balaban J connectivity index is 1.58. The topological polar surface area (TPSA) is 52.6 Å². The van der Waals surface area contributed by atoms with E-state index in [0.717, 1.165) is 32.5 Å². The van der Waals surface area contributed by atoms with Gasteiger partial charge >= 0.3 is 0 Å². The predicted molar refractivity (Wildman–Crippen MR) is 78.7 cm³/mol. The number of likely N-dealkylation sites (tertiary alicyclic amines) is 1. The summed E-state index contributed by atoms with van der Waals surface area (Å²) in [5.74, 6) is 1.04. The first-order valence-electron chi connectivity index (χ1n) is 7.49. The first kappa shape index (κ1) is 13.4. The second-order valence-electron chi connectivity index (χ2n) is 5.88. The number of amides is 1. The number of aliphatic hydroxyl groups excluding tert-OH is 1. The van der Waals surface area contributed by atoms with Crippen LogP contribution in [-0.2, 0) is 4.79 Å². The highest BCUT2D eigenvalue weighted by Crippen LogP contribution is 2.34. The average Bonchev–Trinajstić information content (AvgIpc) is 3.07. The number of para-hydroxylation sites is 1. The zero-order valence-corrected chi connectivity index (χ0v) is 11.7. The van der Waals surface area contributed by atoms with Crippen LogP contribution in [0.2, 0.25) is 0 Å². The minimum atomic E-state index is 0.229. The number of nitrogens with one attached hydrogen (secondary N) is 1. The lowest BCUT2D eigenvalue weighted by atomic mass is 9.97. The van der Waals surface area contributed by atoms with Crippen LogP contribution in [0.1, 0.15) is 30.7 Å². The summed E-state index contributed by atoms with van der Waals surface area (Å²) in [5.41, 5.74) is 2.44. The number of hydrogen-bond acceptors (Lipinski definition) is 3. The van der Waals surface area contributed by atoms with Gasteiger partial charge in [0.15, 0.2) is 0 Å². The maximum atomic E-state index is 12.4. The van der Waals surface area contributed by atoms with E-state index in [1.165, 1.54) is 11.3 Å². The lowest BCUT2D eigenvalue weighted by molar-refractivity contribution is -0.130. The van der Waals surface area contributed by atoms with Crippen molar-refractivity contribution in [2.75, 3.05) is 31.6 Å². The number of nitrogens with zero attached hydrogens (tertiary/aromatic N) is 1. The van der Waals surface area contributed by atoms with Crippen molar-refractivity contribution in [3.8, 4) is 0 Å². The highest BCUT2D eigenvalue weighted by molar-refractivity contribution is 5.78. The number of benzene rings is 1. The Morgan fingerprint density at radius 1 is 1.40 bits per heavy atom. The lowest BCUT2D eigenvalue weighted by Crippen LogP contribution is -2.30. The molecule has 2 heterocycles. The van der Waals surface area contributed by atoms with Gasteiger partial charge in [-0.15, -0.1) is 0 Å². The Labute approximate surface area is 119 Å². The van der Waals surface area contributed by atoms with Crippen LogP contribution in [-0.4, -0.2) is 42.2 Å². The zero-order chi connectivity index (χ0) is 13.9. The monoisotopic (exact) mass is 274 g/mol. The summed E-state index contributed by atoms with van der Waals surface area (Å²) in [4.78, 5) is 14.4. The number of fused-ring (bicyclic) bond motifs is 1. The fourth-order valence-corrected chi connectivity index (χ4v) is 3.36. The van der Waals surface area contributed by atoms with Crippen molar-refractivity contribution in [1.29, 1.82) is 0 Å². The van der Waals surface area contributed by atoms with Crippen LogP contribution in [0.25, 0.3) is 0 Å². The lowest BCUT2D eigenvalue weighted by Gasteiger charge is -2.19. The summed E-state index contributed by atoms with van der Waals surface area (Å²) in [6.07, 6.45) is 2.44. The van der Waals surface area contributed by atoms with Gasteiger partial charge in [-0.05, 0) is 30.4 Å². The number of hydrogen-bond donors (Lipinski definition) is 2. The highest BCUT2D eigenvalue weighted by atomic mass is 16.3. The largest absolute Gasteiger partial charge is 0.396 e. The molecular weight excluding hydrogens is 252 g/mol. The molecule has 2 unspecified atom stereocenters. The standard InChI is InChI=1S/C16H22N2O2/c19-8-6-12-5-7-18(11-12)16(20)9-13-10-17-15-4-2-1-3-14(13)15/h1-4,12-13,17,19H,5-11H2. The molecule has 0 radical (unpaired) electrons. The van der Waals surface area contributed by atoms with Crippen LogP contribution in [0.5, 0.6) is 0 Å². The fraction of sp³-hybridized carbons (Fsp3) is 0.562. The van der Waals surface area contributed by atoms with Crippen molar-refractivity contribution >= 4 is 11.6 Å². The molecule has 3 rings (SSSR count). The number of carbonyl (C=O) groups is 1. The van der Waals surface area contributed by atoms with Crippen LogP contribution >= 0.6 is 0 Å². The van der Waals surface area contributed by atoms with E-state index in [9.17, 15) is 4.79 Å². The summed E-state index contributed by atoms with van der Waals surface area (Å²) in [6, 6.07) is 8.26. The van der Waals surface area contributed by atoms with E-state index in [0.29, 0.717) is 18.3 Å². The molecule has 1 fully saturated rings. The second-order valence-corrected chi connectivity index (χ2v) is 5.88. The molecule has 0 aromatic heterocycles. The summed E-state index contributed by atoms with van der Waals surface area (Å²) in [6.45, 7) is 2.76. The van der Waals surface area contributed by atoms with E-state index >= 15 is 0 Å². The van der Waals surface area contributed by atoms with Gasteiger partial charge in [-0.25, -0.2) is 0 Å². The number of rotatable bonds is 4. The molecule has 2 atom stereocenters. The van der Waals surface area contributed by atoms with Crippen molar-refractivity contribution in [2.24, 2.45) is 5.92 Å². The van der Waals surface area contributed by atoms with Crippen molar-refractivity contribution in [3.05, 3.63) is 29.8 Å². The molecule has 0 saturated carbocycles. The summed E-state index contributed by atoms with van der Waals surface area (Å²) in [5, 5.41) is 12.4. The molecular formula is C16H22N2O2. The molecule has 1 aromatic carbocycles. The van der Waals surface area contributed by atoms with Gasteiger partial charge in [0, 0.05) is 44.3 Å². The van der Waals surface area contributed by atoms with Crippen LogP contribution < -0.4 is 5.32 Å². The fourth-order valence-electron chi connectivity index (χ4n) is 3.36. The highest BCUT2D eigenvalue weighted by Gasteiger charge is 2.30. The maximum Gasteiger partial charge on any atom is 0.223 e. The van der Waals surface area contributed by atoms with Gasteiger partial charge in [-0.2, -0.15) is 0 Å². The van der Waals surface area contributed by atoms with E-state index in [1.807, 2.05) is 17.0 Å². The maximum absolute atomic E-state index is 12.4. The van der Waals surface area contributed by atoms with Crippen molar-refractivity contribution in [1.82, 2.24) is 4.90 Å². The molecule has 0 bridgehead atoms. The van der Waals surface area contributed by atoms with Crippen LogP contribution in [0.4, 0.5) is 5.69 Å². The molecule has 1 saturated heterocycles. The molecule has 0 aliphatic carbocycles. The molecule has 2 N–H and O–H groups in total. The molecule has 1 aromatic rings. The van der Waals surface area contributed by atoms with Gasteiger partial charge < -0.3 is 15.3 Å². The number of anilines is 1. The second kappa shape index (κ2) is 5.83. The van der Waals surface area contributed by atoms with Crippen molar-refractivity contribution in [2.45, 2.75) is 25.2 Å². The SMILES string of the molecule is O=C(CC1CNc2ccccc21)N1CCC(CCO)C1. The van der Waals surface area contributed by atoms with E-state index in [4.69, 9.17) is 5.11 Å². The van der Waals surface area contributed by atoms with Gasteiger partial charge in [0.1, 0.15) is 0 Å². The quantitative estimate of drug-likeness (QED) is 0.880. The third kappa shape index (κ3) is 2.66. The van der Waals surface area contributed by atoms with E-state index in [-0.39, 0.29) is 12.5 Å². The molecule has 108 valence electrons. The third-order valence-corrected chi connectivity index (χ3v) is 4.54. The molecule has 2 aliphatic rings. The first-order valence-corrected chi connectivity index (χ1v) is 7.49. The zero-order valence-electron chi connectivity index (χ0n) is 11.7. The van der Waals surface area contributed by atoms with Gasteiger partial charge in [0.25, 0.3) is 0 Å². The first-order chi connectivity index (χ1) is 9.78. The Morgan fingerprint density at radius 2 is 2.25 bits per heavy atom. The predicted octanol–water partition coefficient (Wildman–Crippen LogP) is 1.82. The molecule has 1 amide bonds. The van der Waals surface area contributed by atoms with Gasteiger partial charge in [0.2, 0.25) is 5.91 Å². The van der Waals surface area contributed by atoms with Crippen molar-refractivity contribution in [3.63, 3.8) is 0 Å². The van der Waals surface area contributed by atoms with Gasteiger partial charge in [-0.3, -0.25) is 4.79 Å². The van der Waals surface area contributed by atoms with Gasteiger partial charge in [0.05, 0.1) is 0 Å². The summed E-state index contributed by atoms with van der Waals surface area (Å²) in [7, 11) is 0. The molecule has 4 heteroatoms. The van der Waals surface area contributed by atoms with Gasteiger partial charge in [-0.1, -0.05) is 18.2 Å². The number of aliphatic hydroxyl groups is 1. The molecule has 20 heavy (non-hydrogen) atoms. The Bertz CT molecular complexity index is 489. The normalized spacial score (nSPS) is 24.6. The summed E-state index contributed by atoms with van der Waals surface area (Å²) < 4.78 is 0. The molecule has 2 aliphatic heterocycles. The smallest absolute Gasteiger partial charge is 0.223 e. The Morgan fingerprint density at radius 3 is 3.10 bits per heavy atom. The Kier molecular flexibility index (Phi) is 3.92. The average molecular weight is 274 g/mol. The van der Waals surface area contributed by atoms with Crippen LogP contribution in [0.15, 0.2) is 24.3 Å². The minimum Gasteiger partial charge on any atom is -0.396 e. The molecule has 0 spiro atoms. The van der Waals surface area contributed by atoms with E-state index in [1.54, 1.807) is 0 Å². The van der Waals surface area contributed by atoms with Crippen LogP contribution in [0, 0.1) is 5.92 Å². The minimum absolute atomic E-state index is 0.229. The number of carbonyl (C=O) groups excluding carboxylic acids is 1. The van der Waals surface area contributed by atoms with Crippen molar-refractivity contribution < 1.29 is 9.90 Å². The van der Waals surface area contributed by atoms with E-state index < -0.39 is 0 Å². The van der Waals surface area contributed by atoms with E-state index in [2.05, 4.69) is 17.4 Å².